The summed E-state index contributed by atoms with van der Waals surface area (Å²) in [6.07, 6.45) is 2.52. The molecule has 0 spiro atoms. The van der Waals surface area contributed by atoms with Crippen LogP contribution < -0.4 is 0 Å². The van der Waals surface area contributed by atoms with Crippen molar-refractivity contribution in [1.29, 1.82) is 0 Å². The highest BCUT2D eigenvalue weighted by Crippen LogP contribution is 2.27. The molecule has 5 heteroatoms. The molecule has 0 aliphatic heterocycles. The van der Waals surface area contributed by atoms with Gasteiger partial charge in [0.25, 0.3) is 0 Å². The number of ether oxygens (including phenoxy) is 1. The van der Waals surface area contributed by atoms with Gasteiger partial charge >= 0.3 is 5.97 Å². The fraction of sp³-hybridized carbons (Fsp3) is 0.556. The van der Waals surface area contributed by atoms with Crippen LogP contribution in [-0.2, 0) is 22.4 Å². The van der Waals surface area contributed by atoms with Gasteiger partial charge < -0.3 is 4.74 Å². The number of aromatic nitrogens is 2. The van der Waals surface area contributed by atoms with E-state index in [-0.39, 0.29) is 11.9 Å². The number of fused-ring (bicyclic) bond motifs is 1. The van der Waals surface area contributed by atoms with Crippen LogP contribution in [0.5, 0.6) is 0 Å². The van der Waals surface area contributed by atoms with E-state index in [1.54, 1.807) is 0 Å². The Balaban J connectivity index is 2.18. The number of halogens is 1. The van der Waals surface area contributed by atoms with Gasteiger partial charge in [-0.1, -0.05) is 0 Å². The molecule has 1 heterocycles. The fourth-order valence-electron chi connectivity index (χ4n) is 1.83. The van der Waals surface area contributed by atoms with Crippen molar-refractivity contribution >= 4 is 28.6 Å². The van der Waals surface area contributed by atoms with E-state index in [2.05, 4.69) is 32.8 Å². The maximum absolute atomic E-state index is 11.3. The van der Waals surface area contributed by atoms with Crippen LogP contribution in [0.4, 0.5) is 0 Å². The van der Waals surface area contributed by atoms with Gasteiger partial charge in [0, 0.05) is 17.7 Å². The summed E-state index contributed by atoms with van der Waals surface area (Å²) >= 11 is 2.21. The zero-order valence-corrected chi connectivity index (χ0v) is 10.00. The molecule has 0 saturated carbocycles. The second-order valence-corrected chi connectivity index (χ2v) is 4.46. The number of nitrogens with one attached hydrogen (secondary N) is 1. The molecule has 2 rings (SSSR count). The van der Waals surface area contributed by atoms with E-state index in [4.69, 9.17) is 4.74 Å². The van der Waals surface area contributed by atoms with Crippen LogP contribution in [-0.4, -0.2) is 23.3 Å². The molecule has 4 nitrogen and oxygen atoms in total. The first kappa shape index (κ1) is 9.95. The monoisotopic (exact) mass is 306 g/mol. The van der Waals surface area contributed by atoms with Crippen molar-refractivity contribution in [2.45, 2.75) is 19.3 Å². The lowest BCUT2D eigenvalue weighted by Gasteiger charge is -2.19. The van der Waals surface area contributed by atoms with Crippen LogP contribution in [0.25, 0.3) is 0 Å². The fourth-order valence-corrected chi connectivity index (χ4v) is 2.55. The Morgan fingerprint density at radius 2 is 2.50 bits per heavy atom. The van der Waals surface area contributed by atoms with E-state index in [1.165, 1.54) is 12.7 Å². The van der Waals surface area contributed by atoms with Crippen molar-refractivity contribution in [2.75, 3.05) is 7.11 Å². The minimum atomic E-state index is -0.111. The number of methoxy groups -OCH3 is 1. The van der Waals surface area contributed by atoms with Crippen molar-refractivity contribution < 1.29 is 9.53 Å². The lowest BCUT2D eigenvalue weighted by molar-refractivity contribution is -0.145. The molecule has 1 N–H and O–H groups in total. The number of hydrogen-bond donors (Lipinski definition) is 1. The van der Waals surface area contributed by atoms with Gasteiger partial charge in [0.15, 0.2) is 0 Å². The summed E-state index contributed by atoms with van der Waals surface area (Å²) in [6.45, 7) is 0. The van der Waals surface area contributed by atoms with Crippen LogP contribution in [0.1, 0.15) is 17.7 Å². The highest BCUT2D eigenvalue weighted by atomic mass is 127. The summed E-state index contributed by atoms with van der Waals surface area (Å²) in [7, 11) is 1.44. The lowest BCUT2D eigenvalue weighted by atomic mass is 9.88. The molecule has 76 valence electrons. The number of nitrogens with zero attached hydrogens (tertiary/aromatic N) is 1. The Kier molecular flexibility index (Phi) is 2.76. The normalized spacial score (nSPS) is 20.3. The molecule has 0 aromatic carbocycles. The summed E-state index contributed by atoms with van der Waals surface area (Å²) in [5, 5.41) is 7.10. The van der Waals surface area contributed by atoms with Gasteiger partial charge in [0.1, 0.15) is 3.70 Å². The minimum Gasteiger partial charge on any atom is -0.469 e. The molecule has 1 aromatic heterocycles. The molecule has 0 fully saturated rings. The van der Waals surface area contributed by atoms with E-state index >= 15 is 0 Å². The first-order chi connectivity index (χ1) is 6.72. The molecule has 0 saturated heterocycles. The number of aromatic amines is 1. The van der Waals surface area contributed by atoms with Crippen molar-refractivity contribution in [2.24, 2.45) is 5.92 Å². The zero-order chi connectivity index (χ0) is 10.1. The minimum absolute atomic E-state index is 0.00347. The largest absolute Gasteiger partial charge is 0.469 e. The average Bonchev–Trinajstić information content (AvgIpc) is 2.59. The highest BCUT2D eigenvalue weighted by Gasteiger charge is 2.27. The third-order valence-corrected chi connectivity index (χ3v) is 3.52. The van der Waals surface area contributed by atoms with E-state index in [0.29, 0.717) is 0 Å². The number of esters is 1. The molecule has 1 atom stereocenters. The molecule has 1 aliphatic rings. The van der Waals surface area contributed by atoms with Gasteiger partial charge in [0.05, 0.1) is 13.0 Å². The smallest absolute Gasteiger partial charge is 0.309 e. The number of hydrogen-bond acceptors (Lipinski definition) is 3. The highest BCUT2D eigenvalue weighted by molar-refractivity contribution is 14.1. The molecule has 1 aliphatic carbocycles. The predicted octanol–water partition coefficient (Wildman–Crippen LogP) is 1.29. The van der Waals surface area contributed by atoms with E-state index in [0.717, 1.165) is 28.7 Å². The second kappa shape index (κ2) is 3.88. The van der Waals surface area contributed by atoms with Gasteiger partial charge in [-0.15, -0.1) is 0 Å². The van der Waals surface area contributed by atoms with Crippen LogP contribution in [0, 0.1) is 9.62 Å². The molecular formula is C9H11IN2O2. The van der Waals surface area contributed by atoms with Gasteiger partial charge in [-0.2, -0.15) is 5.10 Å². The number of carbonyl (C=O) groups is 1. The first-order valence-corrected chi connectivity index (χ1v) is 5.59. The molecule has 1 unspecified atom stereocenters. The van der Waals surface area contributed by atoms with E-state index in [1.807, 2.05) is 0 Å². The van der Waals surface area contributed by atoms with Gasteiger partial charge in [-0.25, -0.2) is 0 Å². The van der Waals surface area contributed by atoms with Crippen molar-refractivity contribution in [3.63, 3.8) is 0 Å². The molecule has 0 bridgehead atoms. The Morgan fingerprint density at radius 1 is 1.71 bits per heavy atom. The summed E-state index contributed by atoms with van der Waals surface area (Å²) < 4.78 is 5.77. The van der Waals surface area contributed by atoms with Gasteiger partial charge in [-0.05, 0) is 35.4 Å². The molecule has 1 aromatic rings. The SMILES string of the molecule is COC(=O)C1CCc2c(I)n[nH]c2C1. The summed E-state index contributed by atoms with van der Waals surface area (Å²) in [5.41, 5.74) is 2.36. The lowest BCUT2D eigenvalue weighted by Crippen LogP contribution is -2.23. The number of carbonyl (C=O) groups excluding carboxylic acids is 1. The van der Waals surface area contributed by atoms with Crippen molar-refractivity contribution in [3.05, 3.63) is 15.0 Å². The van der Waals surface area contributed by atoms with Crippen LogP contribution in [0.15, 0.2) is 0 Å². The third kappa shape index (κ3) is 1.65. The van der Waals surface area contributed by atoms with Gasteiger partial charge in [-0.3, -0.25) is 9.89 Å². The summed E-state index contributed by atoms with van der Waals surface area (Å²) in [6, 6.07) is 0. The van der Waals surface area contributed by atoms with Crippen LogP contribution >= 0.6 is 22.6 Å². The third-order valence-electron chi connectivity index (χ3n) is 2.63. The Hall–Kier alpha value is -0.590. The standard InChI is InChI=1S/C9H11IN2O2/c1-14-9(13)5-2-3-6-7(4-5)11-12-8(6)10/h5H,2-4H2,1H3,(H,11,12). The summed E-state index contributed by atoms with van der Waals surface area (Å²) in [4.78, 5) is 11.3. The van der Waals surface area contributed by atoms with E-state index < -0.39 is 0 Å². The summed E-state index contributed by atoms with van der Waals surface area (Å²) in [5.74, 6) is -0.107. The topological polar surface area (TPSA) is 55.0 Å². The molecule has 0 radical (unpaired) electrons. The first-order valence-electron chi connectivity index (χ1n) is 4.51. The number of rotatable bonds is 1. The Bertz CT molecular complexity index is 362. The zero-order valence-electron chi connectivity index (χ0n) is 7.84. The Morgan fingerprint density at radius 3 is 3.21 bits per heavy atom. The molecule has 14 heavy (non-hydrogen) atoms. The van der Waals surface area contributed by atoms with Crippen molar-refractivity contribution in [3.8, 4) is 0 Å². The average molecular weight is 306 g/mol. The van der Waals surface area contributed by atoms with Gasteiger partial charge in [0.2, 0.25) is 0 Å². The predicted molar refractivity (Wildman–Crippen MR) is 58.8 cm³/mol. The quantitative estimate of drug-likeness (QED) is 0.628. The molecular weight excluding hydrogens is 295 g/mol. The van der Waals surface area contributed by atoms with Crippen LogP contribution in [0.3, 0.4) is 0 Å². The number of H-pyrrole nitrogens is 1. The van der Waals surface area contributed by atoms with Crippen LogP contribution in [0.2, 0.25) is 0 Å². The maximum atomic E-state index is 11.3. The van der Waals surface area contributed by atoms with Crippen molar-refractivity contribution in [1.82, 2.24) is 10.2 Å². The molecule has 0 amide bonds. The Labute approximate surface area is 95.5 Å². The maximum Gasteiger partial charge on any atom is 0.309 e. The van der Waals surface area contributed by atoms with E-state index in [9.17, 15) is 4.79 Å². The second-order valence-electron chi connectivity index (χ2n) is 3.43.